The summed E-state index contributed by atoms with van der Waals surface area (Å²) in [7, 11) is 0. The van der Waals surface area contributed by atoms with Gasteiger partial charge in [-0.3, -0.25) is 4.79 Å². The smallest absolute Gasteiger partial charge is 0.256 e. The summed E-state index contributed by atoms with van der Waals surface area (Å²) in [5.74, 6) is 0.192. The van der Waals surface area contributed by atoms with Gasteiger partial charge in [0.2, 0.25) is 0 Å². The van der Waals surface area contributed by atoms with Crippen molar-refractivity contribution in [2.24, 2.45) is 0 Å². The number of amides is 1. The number of aryl methyl sites for hydroxylation is 1. The quantitative estimate of drug-likeness (QED) is 0.905. The van der Waals surface area contributed by atoms with E-state index >= 15 is 0 Å². The van der Waals surface area contributed by atoms with E-state index in [0.717, 1.165) is 5.56 Å². The summed E-state index contributed by atoms with van der Waals surface area (Å²) in [5.41, 5.74) is 1.42. The molecule has 1 aromatic heterocycles. The molecule has 0 unspecified atom stereocenters. The van der Waals surface area contributed by atoms with Crippen LogP contribution in [0.25, 0.3) is 0 Å². The lowest BCUT2D eigenvalue weighted by Gasteiger charge is -2.05. The first-order valence-electron chi connectivity index (χ1n) is 5.25. The number of halogens is 2. The van der Waals surface area contributed by atoms with Crippen molar-refractivity contribution < 1.29 is 4.79 Å². The number of carbonyl (C=O) groups is 1. The Balaban J connectivity index is 2.19. The van der Waals surface area contributed by atoms with E-state index in [1.54, 1.807) is 30.5 Å². The molecule has 0 atom stereocenters. The summed E-state index contributed by atoms with van der Waals surface area (Å²) < 4.78 is 0. The number of anilines is 1. The highest BCUT2D eigenvalue weighted by Gasteiger charge is 2.08. The van der Waals surface area contributed by atoms with Crippen LogP contribution in [0.5, 0.6) is 0 Å². The van der Waals surface area contributed by atoms with Crippen LogP contribution in [-0.4, -0.2) is 10.9 Å². The van der Waals surface area contributed by atoms with E-state index in [9.17, 15) is 4.79 Å². The van der Waals surface area contributed by atoms with Crippen LogP contribution in [0.15, 0.2) is 36.5 Å². The lowest BCUT2D eigenvalue weighted by Crippen LogP contribution is -2.12. The van der Waals surface area contributed by atoms with Crippen LogP contribution in [0.1, 0.15) is 15.9 Å². The van der Waals surface area contributed by atoms with Crippen LogP contribution >= 0.6 is 23.2 Å². The van der Waals surface area contributed by atoms with Gasteiger partial charge in [0.25, 0.3) is 5.91 Å². The average molecular weight is 281 g/mol. The topological polar surface area (TPSA) is 42.0 Å². The number of carbonyl (C=O) groups excluding carboxylic acids is 1. The van der Waals surface area contributed by atoms with Crippen molar-refractivity contribution in [1.29, 1.82) is 0 Å². The molecule has 0 saturated carbocycles. The zero-order valence-electron chi connectivity index (χ0n) is 9.58. The zero-order valence-corrected chi connectivity index (χ0v) is 11.1. The molecule has 0 saturated heterocycles. The Labute approximate surface area is 115 Å². The monoisotopic (exact) mass is 280 g/mol. The Hall–Kier alpha value is -1.58. The summed E-state index contributed by atoms with van der Waals surface area (Å²) in [6.45, 7) is 1.93. The number of benzene rings is 1. The summed E-state index contributed by atoms with van der Waals surface area (Å²) in [6.07, 6.45) is 1.68. The maximum atomic E-state index is 11.9. The Kier molecular flexibility index (Phi) is 3.84. The predicted molar refractivity (Wildman–Crippen MR) is 73.4 cm³/mol. The maximum Gasteiger partial charge on any atom is 0.256 e. The molecular formula is C13H10Cl2N2O. The Morgan fingerprint density at radius 3 is 2.39 bits per heavy atom. The van der Waals surface area contributed by atoms with Crippen molar-refractivity contribution in [2.75, 3.05) is 5.32 Å². The lowest BCUT2D eigenvalue weighted by atomic mass is 10.2. The lowest BCUT2D eigenvalue weighted by molar-refractivity contribution is 0.102. The second-order valence-corrected chi connectivity index (χ2v) is 4.71. The van der Waals surface area contributed by atoms with Gasteiger partial charge >= 0.3 is 0 Å². The molecule has 18 heavy (non-hydrogen) atoms. The summed E-state index contributed by atoms with van der Waals surface area (Å²) in [5, 5.41) is 3.51. The van der Waals surface area contributed by atoms with Gasteiger partial charge in [-0.1, -0.05) is 29.3 Å². The summed E-state index contributed by atoms with van der Waals surface area (Å²) in [6, 6.07) is 8.28. The highest BCUT2D eigenvalue weighted by molar-refractivity contribution is 6.35. The molecule has 1 heterocycles. The summed E-state index contributed by atoms with van der Waals surface area (Å²) in [4.78, 5) is 16.0. The van der Waals surface area contributed by atoms with Gasteiger partial charge in [0, 0.05) is 21.8 Å². The van der Waals surface area contributed by atoms with Crippen LogP contribution in [0.4, 0.5) is 5.82 Å². The SMILES string of the molecule is Cc1ccc(NC(=O)c2cc(Cl)cc(Cl)c2)nc1. The van der Waals surface area contributed by atoms with E-state index in [-0.39, 0.29) is 5.91 Å². The molecule has 0 bridgehead atoms. The van der Waals surface area contributed by atoms with Crippen LogP contribution in [-0.2, 0) is 0 Å². The fraction of sp³-hybridized carbons (Fsp3) is 0.0769. The first kappa shape index (κ1) is 12.9. The third-order valence-electron chi connectivity index (χ3n) is 2.28. The van der Waals surface area contributed by atoms with E-state index in [0.29, 0.717) is 21.4 Å². The molecule has 1 amide bonds. The van der Waals surface area contributed by atoms with Crippen molar-refractivity contribution in [1.82, 2.24) is 4.98 Å². The number of rotatable bonds is 2. The Morgan fingerprint density at radius 2 is 1.83 bits per heavy atom. The Bertz CT molecular complexity index is 562. The minimum Gasteiger partial charge on any atom is -0.307 e. The molecule has 1 N–H and O–H groups in total. The molecule has 0 radical (unpaired) electrons. The Morgan fingerprint density at radius 1 is 1.17 bits per heavy atom. The van der Waals surface area contributed by atoms with Gasteiger partial charge in [0.15, 0.2) is 0 Å². The zero-order chi connectivity index (χ0) is 13.1. The molecule has 2 aromatic rings. The van der Waals surface area contributed by atoms with E-state index < -0.39 is 0 Å². The third-order valence-corrected chi connectivity index (χ3v) is 2.71. The molecule has 0 spiro atoms. The number of pyridine rings is 1. The van der Waals surface area contributed by atoms with Crippen molar-refractivity contribution >= 4 is 34.9 Å². The number of aromatic nitrogens is 1. The van der Waals surface area contributed by atoms with E-state index in [1.807, 2.05) is 13.0 Å². The number of hydrogen-bond donors (Lipinski definition) is 1. The van der Waals surface area contributed by atoms with Gasteiger partial charge in [-0.25, -0.2) is 4.98 Å². The van der Waals surface area contributed by atoms with Crippen LogP contribution < -0.4 is 5.32 Å². The van der Waals surface area contributed by atoms with Gasteiger partial charge in [0.05, 0.1) is 0 Å². The molecule has 0 aliphatic heterocycles. The number of nitrogens with zero attached hydrogens (tertiary/aromatic N) is 1. The van der Waals surface area contributed by atoms with Crippen LogP contribution in [0, 0.1) is 6.92 Å². The average Bonchev–Trinajstić information content (AvgIpc) is 2.31. The van der Waals surface area contributed by atoms with Crippen molar-refractivity contribution in [3.63, 3.8) is 0 Å². The van der Waals surface area contributed by atoms with Gasteiger partial charge in [-0.2, -0.15) is 0 Å². The molecule has 1 aromatic carbocycles. The fourth-order valence-corrected chi connectivity index (χ4v) is 1.94. The van der Waals surface area contributed by atoms with Gasteiger partial charge in [0.1, 0.15) is 5.82 Å². The van der Waals surface area contributed by atoms with Gasteiger partial charge in [-0.15, -0.1) is 0 Å². The molecular weight excluding hydrogens is 271 g/mol. The van der Waals surface area contributed by atoms with Gasteiger partial charge < -0.3 is 5.32 Å². The first-order chi connectivity index (χ1) is 8.54. The van der Waals surface area contributed by atoms with E-state index in [2.05, 4.69) is 10.3 Å². The minimum atomic E-state index is -0.296. The fourth-order valence-electron chi connectivity index (χ4n) is 1.42. The molecule has 0 aliphatic rings. The molecule has 2 rings (SSSR count). The molecule has 0 aliphatic carbocycles. The third kappa shape index (κ3) is 3.22. The van der Waals surface area contributed by atoms with Gasteiger partial charge in [-0.05, 0) is 36.8 Å². The largest absolute Gasteiger partial charge is 0.307 e. The second kappa shape index (κ2) is 5.38. The maximum absolute atomic E-state index is 11.9. The standard InChI is InChI=1S/C13H10Cl2N2O/c1-8-2-3-12(16-7-8)17-13(18)9-4-10(14)6-11(15)5-9/h2-7H,1H3,(H,16,17,18). The predicted octanol–water partition coefficient (Wildman–Crippen LogP) is 3.95. The van der Waals surface area contributed by atoms with Crippen LogP contribution in [0.3, 0.4) is 0 Å². The highest BCUT2D eigenvalue weighted by Crippen LogP contribution is 2.19. The summed E-state index contributed by atoms with van der Waals surface area (Å²) >= 11 is 11.7. The molecule has 92 valence electrons. The van der Waals surface area contributed by atoms with Crippen molar-refractivity contribution in [3.05, 3.63) is 57.7 Å². The first-order valence-corrected chi connectivity index (χ1v) is 6.00. The molecule has 0 fully saturated rings. The van der Waals surface area contributed by atoms with Crippen molar-refractivity contribution in [2.45, 2.75) is 6.92 Å². The second-order valence-electron chi connectivity index (χ2n) is 3.83. The van der Waals surface area contributed by atoms with Crippen molar-refractivity contribution in [3.8, 4) is 0 Å². The van der Waals surface area contributed by atoms with Crippen LogP contribution in [0.2, 0.25) is 10.0 Å². The minimum absolute atomic E-state index is 0.296. The normalized spacial score (nSPS) is 10.2. The molecule has 3 nitrogen and oxygen atoms in total. The number of hydrogen-bond acceptors (Lipinski definition) is 2. The van der Waals surface area contributed by atoms with E-state index in [4.69, 9.17) is 23.2 Å². The number of nitrogens with one attached hydrogen (secondary N) is 1. The highest BCUT2D eigenvalue weighted by atomic mass is 35.5. The molecule has 5 heteroatoms. The van der Waals surface area contributed by atoms with E-state index in [1.165, 1.54) is 0 Å².